The maximum atomic E-state index is 13.0. The van der Waals surface area contributed by atoms with Gasteiger partial charge in [0.15, 0.2) is 11.6 Å². The summed E-state index contributed by atoms with van der Waals surface area (Å²) in [6.45, 7) is -0.137. The van der Waals surface area contributed by atoms with Crippen molar-refractivity contribution in [2.45, 2.75) is 6.18 Å². The Bertz CT molecular complexity index is 1430. The first-order valence-electron chi connectivity index (χ1n) is 12.1. The van der Waals surface area contributed by atoms with Gasteiger partial charge in [0.25, 0.3) is 0 Å². The van der Waals surface area contributed by atoms with Gasteiger partial charge < -0.3 is 30.3 Å². The van der Waals surface area contributed by atoms with Crippen molar-refractivity contribution in [2.75, 3.05) is 63.9 Å². The van der Waals surface area contributed by atoms with Crippen LogP contribution in [0.25, 0.3) is 21.3 Å². The van der Waals surface area contributed by atoms with Gasteiger partial charge in [-0.25, -0.2) is 9.97 Å². The van der Waals surface area contributed by atoms with Crippen molar-refractivity contribution in [3.05, 3.63) is 48.7 Å². The molecule has 0 radical (unpaired) electrons. The first kappa shape index (κ1) is 28.8. The van der Waals surface area contributed by atoms with Crippen LogP contribution in [0.3, 0.4) is 0 Å². The summed E-state index contributed by atoms with van der Waals surface area (Å²) in [6.07, 6.45) is -3.01. The monoisotopic (exact) mass is 574 g/mol. The molecule has 40 heavy (non-hydrogen) atoms. The van der Waals surface area contributed by atoms with Gasteiger partial charge in [0, 0.05) is 38.0 Å². The van der Waals surface area contributed by atoms with E-state index in [1.54, 1.807) is 13.2 Å². The SMILES string of the molecule is COc1ccc(-c2nnc(-c3ccnc(Nc4cc(N)c(N(C)CCN(C)C)cc4OCC(F)(F)F)n3)s2)cc1. The maximum Gasteiger partial charge on any atom is 0.422 e. The smallest absolute Gasteiger partial charge is 0.422 e. The van der Waals surface area contributed by atoms with Crippen molar-refractivity contribution < 1.29 is 22.6 Å². The van der Waals surface area contributed by atoms with Crippen LogP contribution in [0.15, 0.2) is 48.7 Å². The maximum absolute atomic E-state index is 13.0. The first-order valence-corrected chi connectivity index (χ1v) is 12.9. The molecule has 212 valence electrons. The van der Waals surface area contributed by atoms with E-state index in [-0.39, 0.29) is 17.4 Å². The number of benzene rings is 2. The van der Waals surface area contributed by atoms with Crippen LogP contribution in [-0.4, -0.2) is 79.2 Å². The molecule has 2 aromatic carbocycles. The third kappa shape index (κ3) is 7.48. The Kier molecular flexibility index (Phi) is 8.90. The van der Waals surface area contributed by atoms with Crippen LogP contribution in [0.1, 0.15) is 0 Å². The van der Waals surface area contributed by atoms with Crippen molar-refractivity contribution in [1.29, 1.82) is 0 Å². The Balaban J connectivity index is 1.60. The van der Waals surface area contributed by atoms with E-state index in [1.165, 1.54) is 29.7 Å². The number of nitrogens with one attached hydrogen (secondary N) is 1. The number of nitrogens with two attached hydrogens (primary N) is 1. The van der Waals surface area contributed by atoms with E-state index in [4.69, 9.17) is 15.2 Å². The van der Waals surface area contributed by atoms with Gasteiger partial charge in [0.2, 0.25) is 5.95 Å². The van der Waals surface area contributed by atoms with E-state index in [0.717, 1.165) is 17.9 Å². The Hall–Kier alpha value is -4.17. The standard InChI is InChI=1S/C26H29F3N8O2S/c1-36(2)11-12-37(3)21-14-22(39-15-26(27,28)29)20(13-18(21)30)33-25-31-10-9-19(32-25)24-35-34-23(40-24)16-5-7-17(38-4)8-6-16/h5-10,13-14H,11-12,15,30H2,1-4H3,(H,31,32,33). The number of aromatic nitrogens is 4. The van der Waals surface area contributed by atoms with E-state index in [0.29, 0.717) is 33.6 Å². The number of halogens is 3. The Labute approximate surface area is 233 Å². The zero-order chi connectivity index (χ0) is 28.9. The van der Waals surface area contributed by atoms with Gasteiger partial charge in [-0.05, 0) is 50.5 Å². The summed E-state index contributed by atoms with van der Waals surface area (Å²) in [5.74, 6) is 0.820. The summed E-state index contributed by atoms with van der Waals surface area (Å²) < 4.78 is 49.4. The van der Waals surface area contributed by atoms with Crippen LogP contribution >= 0.6 is 11.3 Å². The highest BCUT2D eigenvalue weighted by atomic mass is 32.1. The predicted octanol–water partition coefficient (Wildman–Crippen LogP) is 4.94. The normalized spacial score (nSPS) is 11.5. The average molecular weight is 575 g/mol. The Morgan fingerprint density at radius 3 is 2.40 bits per heavy atom. The number of nitrogens with zero attached hydrogens (tertiary/aromatic N) is 6. The second kappa shape index (κ2) is 12.3. The van der Waals surface area contributed by atoms with Gasteiger partial charge >= 0.3 is 6.18 Å². The fourth-order valence-electron chi connectivity index (χ4n) is 3.60. The summed E-state index contributed by atoms with van der Waals surface area (Å²) in [4.78, 5) is 12.6. The van der Waals surface area contributed by atoms with E-state index in [2.05, 4.69) is 25.5 Å². The van der Waals surface area contributed by atoms with Crippen LogP contribution < -0.4 is 25.4 Å². The molecule has 2 aromatic heterocycles. The van der Waals surface area contributed by atoms with Gasteiger partial charge in [-0.1, -0.05) is 11.3 Å². The molecule has 2 heterocycles. The molecule has 0 aliphatic rings. The highest BCUT2D eigenvalue weighted by molar-refractivity contribution is 7.17. The number of likely N-dealkylation sites (N-methyl/N-ethyl adjacent to an activating group) is 2. The third-order valence-electron chi connectivity index (χ3n) is 5.70. The Morgan fingerprint density at radius 1 is 1.00 bits per heavy atom. The molecule has 0 saturated heterocycles. The molecule has 0 aliphatic carbocycles. The lowest BCUT2D eigenvalue weighted by atomic mass is 10.2. The van der Waals surface area contributed by atoms with Gasteiger partial charge in [0.05, 0.1) is 24.2 Å². The highest BCUT2D eigenvalue weighted by Gasteiger charge is 2.29. The lowest BCUT2D eigenvalue weighted by Crippen LogP contribution is -2.29. The number of nitrogen functional groups attached to an aromatic ring is 1. The summed E-state index contributed by atoms with van der Waals surface area (Å²) in [5, 5.41) is 12.7. The van der Waals surface area contributed by atoms with Crippen LogP contribution in [-0.2, 0) is 0 Å². The molecule has 0 amide bonds. The first-order chi connectivity index (χ1) is 19.0. The zero-order valence-electron chi connectivity index (χ0n) is 22.4. The molecule has 0 saturated carbocycles. The molecule has 0 aliphatic heterocycles. The number of rotatable bonds is 11. The summed E-state index contributed by atoms with van der Waals surface area (Å²) >= 11 is 1.34. The molecule has 0 fully saturated rings. The van der Waals surface area contributed by atoms with Gasteiger partial charge in [-0.3, -0.25) is 0 Å². The molecule has 3 N–H and O–H groups in total. The predicted molar refractivity (Wildman–Crippen MR) is 150 cm³/mol. The van der Waals surface area contributed by atoms with Crippen LogP contribution in [0.2, 0.25) is 0 Å². The molecule has 0 atom stereocenters. The van der Waals surface area contributed by atoms with Crippen LogP contribution in [0, 0.1) is 0 Å². The molecule has 4 rings (SSSR count). The summed E-state index contributed by atoms with van der Waals surface area (Å²) in [5.41, 5.74) is 8.74. The molecule has 0 unspecified atom stereocenters. The van der Waals surface area contributed by atoms with E-state index in [1.807, 2.05) is 55.2 Å². The molecular weight excluding hydrogens is 545 g/mol. The number of anilines is 4. The van der Waals surface area contributed by atoms with Crippen molar-refractivity contribution in [3.63, 3.8) is 0 Å². The van der Waals surface area contributed by atoms with Crippen molar-refractivity contribution in [2.24, 2.45) is 0 Å². The van der Waals surface area contributed by atoms with Crippen LogP contribution in [0.4, 0.5) is 36.2 Å². The quantitative estimate of drug-likeness (QED) is 0.239. The molecule has 4 aromatic rings. The van der Waals surface area contributed by atoms with Gasteiger partial charge in [-0.2, -0.15) is 13.2 Å². The number of hydrogen-bond donors (Lipinski definition) is 2. The number of alkyl halides is 3. The molecule has 10 nitrogen and oxygen atoms in total. The number of hydrogen-bond acceptors (Lipinski definition) is 11. The second-order valence-corrected chi connectivity index (χ2v) is 10.0. The van der Waals surface area contributed by atoms with Crippen molar-refractivity contribution in [1.82, 2.24) is 25.1 Å². The number of methoxy groups -OCH3 is 1. The fraction of sp³-hybridized carbons (Fsp3) is 0.308. The lowest BCUT2D eigenvalue weighted by molar-refractivity contribution is -0.153. The second-order valence-electron chi connectivity index (χ2n) is 9.07. The highest BCUT2D eigenvalue weighted by Crippen LogP contribution is 2.37. The van der Waals surface area contributed by atoms with Crippen molar-refractivity contribution in [3.8, 4) is 32.8 Å². The minimum absolute atomic E-state index is 0.0371. The topological polar surface area (TPSA) is 115 Å². The summed E-state index contributed by atoms with van der Waals surface area (Å²) in [6, 6.07) is 12.1. The fourth-order valence-corrected chi connectivity index (χ4v) is 4.42. The molecule has 0 spiro atoms. The lowest BCUT2D eigenvalue weighted by Gasteiger charge is -2.25. The average Bonchev–Trinajstić information content (AvgIpc) is 3.41. The van der Waals surface area contributed by atoms with Gasteiger partial charge in [-0.15, -0.1) is 10.2 Å². The van der Waals surface area contributed by atoms with E-state index in [9.17, 15) is 13.2 Å². The minimum Gasteiger partial charge on any atom is -0.497 e. The number of ether oxygens (including phenoxy) is 2. The molecular formula is C26H29F3N8O2S. The largest absolute Gasteiger partial charge is 0.497 e. The van der Waals surface area contributed by atoms with Crippen molar-refractivity contribution >= 4 is 34.3 Å². The van der Waals surface area contributed by atoms with Crippen LogP contribution in [0.5, 0.6) is 11.5 Å². The summed E-state index contributed by atoms with van der Waals surface area (Å²) in [7, 11) is 7.26. The zero-order valence-corrected chi connectivity index (χ0v) is 23.2. The van der Waals surface area contributed by atoms with E-state index >= 15 is 0 Å². The van der Waals surface area contributed by atoms with E-state index < -0.39 is 12.8 Å². The van der Waals surface area contributed by atoms with Gasteiger partial charge in [0.1, 0.15) is 22.2 Å². The Morgan fingerprint density at radius 2 is 1.73 bits per heavy atom. The molecule has 14 heteroatoms. The third-order valence-corrected chi connectivity index (χ3v) is 6.69. The minimum atomic E-state index is -4.52. The molecule has 0 bridgehead atoms.